The number of anilines is 1. The van der Waals surface area contributed by atoms with Crippen LogP contribution in [0, 0.1) is 19.8 Å². The fourth-order valence-electron chi connectivity index (χ4n) is 3.49. The lowest BCUT2D eigenvalue weighted by molar-refractivity contribution is -0.141. The molecule has 4 nitrogen and oxygen atoms in total. The lowest BCUT2D eigenvalue weighted by Crippen LogP contribution is -2.46. The Bertz CT molecular complexity index is 606. The van der Waals surface area contributed by atoms with Crippen LogP contribution in [0.15, 0.2) is 18.2 Å². The molecule has 0 aliphatic heterocycles. The third-order valence-electron chi connectivity index (χ3n) is 5.55. The molecule has 138 valence electrons. The summed E-state index contributed by atoms with van der Waals surface area (Å²) in [5.74, 6) is 0.138. The van der Waals surface area contributed by atoms with E-state index < -0.39 is 0 Å². The van der Waals surface area contributed by atoms with Gasteiger partial charge in [-0.2, -0.15) is 0 Å². The van der Waals surface area contributed by atoms with Crippen molar-refractivity contribution >= 4 is 17.5 Å². The van der Waals surface area contributed by atoms with Crippen LogP contribution in [0.4, 0.5) is 5.69 Å². The molecule has 1 saturated carbocycles. The van der Waals surface area contributed by atoms with Gasteiger partial charge in [0.15, 0.2) is 0 Å². The molecule has 4 heteroatoms. The summed E-state index contributed by atoms with van der Waals surface area (Å²) in [6.07, 6.45) is 6.25. The number of nitrogens with zero attached hydrogens (tertiary/aromatic N) is 1. The second-order valence-electron chi connectivity index (χ2n) is 7.35. The van der Waals surface area contributed by atoms with Crippen molar-refractivity contribution in [3.05, 3.63) is 29.3 Å². The number of benzene rings is 1. The molecule has 0 radical (unpaired) electrons. The maximum Gasteiger partial charge on any atom is 0.244 e. The Labute approximate surface area is 152 Å². The van der Waals surface area contributed by atoms with Gasteiger partial charge < -0.3 is 10.2 Å². The van der Waals surface area contributed by atoms with Crippen molar-refractivity contribution in [2.45, 2.75) is 72.3 Å². The minimum atomic E-state index is -0.113. The molecule has 0 bridgehead atoms. The molecule has 1 fully saturated rings. The van der Waals surface area contributed by atoms with Crippen LogP contribution in [0.3, 0.4) is 0 Å². The lowest BCUT2D eigenvalue weighted by Gasteiger charge is -2.33. The summed E-state index contributed by atoms with van der Waals surface area (Å²) in [5.41, 5.74) is 3.05. The summed E-state index contributed by atoms with van der Waals surface area (Å²) in [7, 11) is 0. The molecule has 0 saturated heterocycles. The standard InChI is InChI=1S/C21H32N2O2/c1-5-16(3)23(21(25)18-11-7-6-8-12-18)14-20(24)22-19-13-9-10-15(2)17(19)4/h9-10,13,16,18H,5-8,11-12,14H2,1-4H3,(H,22,24). The van der Waals surface area contributed by atoms with E-state index in [0.717, 1.165) is 48.9 Å². The van der Waals surface area contributed by atoms with Gasteiger partial charge in [-0.05, 0) is 57.2 Å². The highest BCUT2D eigenvalue weighted by atomic mass is 16.2. The summed E-state index contributed by atoms with van der Waals surface area (Å²) in [4.78, 5) is 27.3. The topological polar surface area (TPSA) is 49.4 Å². The van der Waals surface area contributed by atoms with Crippen molar-refractivity contribution in [1.29, 1.82) is 0 Å². The predicted molar refractivity (Wildman–Crippen MR) is 103 cm³/mol. The first-order valence-electron chi connectivity index (χ1n) is 9.60. The monoisotopic (exact) mass is 344 g/mol. The number of nitrogens with one attached hydrogen (secondary N) is 1. The van der Waals surface area contributed by atoms with E-state index in [9.17, 15) is 9.59 Å². The molecule has 1 N–H and O–H groups in total. The van der Waals surface area contributed by atoms with Crippen LogP contribution in [0.2, 0.25) is 0 Å². The van der Waals surface area contributed by atoms with Crippen LogP contribution in [0.1, 0.15) is 63.5 Å². The van der Waals surface area contributed by atoms with Crippen LogP contribution in [-0.2, 0) is 9.59 Å². The van der Waals surface area contributed by atoms with Gasteiger partial charge in [0.1, 0.15) is 6.54 Å². The zero-order valence-electron chi connectivity index (χ0n) is 16.1. The Hall–Kier alpha value is -1.84. The fraction of sp³-hybridized carbons (Fsp3) is 0.619. The van der Waals surface area contributed by atoms with Crippen molar-refractivity contribution in [2.24, 2.45) is 5.92 Å². The van der Waals surface area contributed by atoms with Crippen molar-refractivity contribution in [2.75, 3.05) is 11.9 Å². The number of hydrogen-bond acceptors (Lipinski definition) is 2. The van der Waals surface area contributed by atoms with Crippen LogP contribution in [-0.4, -0.2) is 29.3 Å². The van der Waals surface area contributed by atoms with Crippen LogP contribution in [0.5, 0.6) is 0 Å². The van der Waals surface area contributed by atoms with E-state index in [1.807, 2.05) is 39.0 Å². The minimum Gasteiger partial charge on any atom is -0.330 e. The summed E-state index contributed by atoms with van der Waals surface area (Å²) in [6, 6.07) is 5.97. The zero-order valence-corrected chi connectivity index (χ0v) is 16.1. The highest BCUT2D eigenvalue weighted by Crippen LogP contribution is 2.26. The van der Waals surface area contributed by atoms with Crippen molar-refractivity contribution < 1.29 is 9.59 Å². The molecule has 1 aliphatic carbocycles. The van der Waals surface area contributed by atoms with Crippen molar-refractivity contribution in [3.8, 4) is 0 Å². The Morgan fingerprint density at radius 1 is 1.20 bits per heavy atom. The van der Waals surface area contributed by atoms with E-state index in [1.165, 1.54) is 6.42 Å². The largest absolute Gasteiger partial charge is 0.330 e. The Kier molecular flexibility index (Phi) is 7.03. The predicted octanol–water partition coefficient (Wildman–Crippen LogP) is 4.45. The first kappa shape index (κ1) is 19.5. The summed E-state index contributed by atoms with van der Waals surface area (Å²) < 4.78 is 0. The van der Waals surface area contributed by atoms with Gasteiger partial charge in [0.2, 0.25) is 11.8 Å². The smallest absolute Gasteiger partial charge is 0.244 e. The maximum absolute atomic E-state index is 13.0. The minimum absolute atomic E-state index is 0.0822. The molecule has 0 spiro atoms. The van der Waals surface area contributed by atoms with Gasteiger partial charge in [0.05, 0.1) is 0 Å². The van der Waals surface area contributed by atoms with Crippen LogP contribution < -0.4 is 5.32 Å². The normalized spacial score (nSPS) is 16.3. The highest BCUT2D eigenvalue weighted by molar-refractivity contribution is 5.95. The molecule has 1 aromatic rings. The summed E-state index contributed by atoms with van der Waals surface area (Å²) in [6.45, 7) is 8.27. The molecular weight excluding hydrogens is 312 g/mol. The van der Waals surface area contributed by atoms with Crippen molar-refractivity contribution in [1.82, 2.24) is 4.90 Å². The zero-order chi connectivity index (χ0) is 18.4. The summed E-state index contributed by atoms with van der Waals surface area (Å²) in [5, 5.41) is 2.99. The lowest BCUT2D eigenvalue weighted by atomic mass is 9.88. The SMILES string of the molecule is CCC(C)N(CC(=O)Nc1cccc(C)c1C)C(=O)C1CCCCC1. The van der Waals surface area contributed by atoms with Gasteiger partial charge in [0, 0.05) is 17.6 Å². The Balaban J connectivity index is 2.06. The van der Waals surface area contributed by atoms with Gasteiger partial charge >= 0.3 is 0 Å². The van der Waals surface area contributed by atoms with E-state index in [-0.39, 0.29) is 30.3 Å². The van der Waals surface area contributed by atoms with Crippen LogP contribution in [0.25, 0.3) is 0 Å². The van der Waals surface area contributed by atoms with Gasteiger partial charge in [0.25, 0.3) is 0 Å². The number of carbonyl (C=O) groups excluding carboxylic acids is 2. The molecule has 25 heavy (non-hydrogen) atoms. The molecule has 2 rings (SSSR count). The number of amides is 2. The van der Waals surface area contributed by atoms with Crippen molar-refractivity contribution in [3.63, 3.8) is 0 Å². The second-order valence-corrected chi connectivity index (χ2v) is 7.35. The van der Waals surface area contributed by atoms with Crippen LogP contribution >= 0.6 is 0 Å². The van der Waals surface area contributed by atoms with E-state index in [0.29, 0.717) is 0 Å². The molecule has 1 aliphatic rings. The molecule has 0 heterocycles. The number of rotatable bonds is 6. The fourth-order valence-corrected chi connectivity index (χ4v) is 3.49. The Morgan fingerprint density at radius 3 is 2.52 bits per heavy atom. The van der Waals surface area contributed by atoms with E-state index in [2.05, 4.69) is 12.2 Å². The Morgan fingerprint density at radius 2 is 1.88 bits per heavy atom. The van der Waals surface area contributed by atoms with E-state index in [1.54, 1.807) is 4.90 Å². The number of aryl methyl sites for hydroxylation is 1. The highest BCUT2D eigenvalue weighted by Gasteiger charge is 2.29. The quantitative estimate of drug-likeness (QED) is 0.829. The first-order valence-corrected chi connectivity index (χ1v) is 9.60. The van der Waals surface area contributed by atoms with E-state index >= 15 is 0 Å². The van der Waals surface area contributed by atoms with Gasteiger partial charge in [-0.25, -0.2) is 0 Å². The number of hydrogen-bond donors (Lipinski definition) is 1. The third-order valence-corrected chi connectivity index (χ3v) is 5.55. The second kappa shape index (κ2) is 9.02. The maximum atomic E-state index is 13.0. The molecular formula is C21H32N2O2. The molecule has 2 amide bonds. The third kappa shape index (κ3) is 5.07. The van der Waals surface area contributed by atoms with E-state index in [4.69, 9.17) is 0 Å². The first-order chi connectivity index (χ1) is 11.9. The molecule has 1 atom stereocenters. The van der Waals surface area contributed by atoms with Gasteiger partial charge in [-0.3, -0.25) is 9.59 Å². The summed E-state index contributed by atoms with van der Waals surface area (Å²) >= 11 is 0. The molecule has 1 unspecified atom stereocenters. The van der Waals surface area contributed by atoms with Gasteiger partial charge in [-0.15, -0.1) is 0 Å². The molecule has 0 aromatic heterocycles. The molecule has 1 aromatic carbocycles. The van der Waals surface area contributed by atoms with Gasteiger partial charge in [-0.1, -0.05) is 38.3 Å². The number of carbonyl (C=O) groups is 2. The average molecular weight is 344 g/mol. The average Bonchev–Trinajstić information content (AvgIpc) is 2.63.